The van der Waals surface area contributed by atoms with E-state index in [2.05, 4.69) is 31.2 Å². The molecule has 0 aliphatic heterocycles. The van der Waals surface area contributed by atoms with Crippen LogP contribution in [-0.4, -0.2) is 23.8 Å². The van der Waals surface area contributed by atoms with Crippen molar-refractivity contribution >= 4 is 34.9 Å². The lowest BCUT2D eigenvalue weighted by Crippen LogP contribution is -2.49. The van der Waals surface area contributed by atoms with Gasteiger partial charge in [0, 0.05) is 19.4 Å². The van der Waals surface area contributed by atoms with Crippen molar-refractivity contribution < 1.29 is 9.76 Å². The zero-order chi connectivity index (χ0) is 18.5. The molecule has 0 atom stereocenters. The summed E-state index contributed by atoms with van der Waals surface area (Å²) in [6, 6.07) is 8.85. The van der Waals surface area contributed by atoms with Crippen molar-refractivity contribution in [1.82, 2.24) is 0 Å². The third-order valence-corrected chi connectivity index (χ3v) is 7.29. The number of aliphatic hydroxyl groups is 1. The Balaban J connectivity index is 1.92. The van der Waals surface area contributed by atoms with E-state index in [1.807, 2.05) is 25.2 Å². The number of aryl methyl sites for hydroxylation is 1. The molecule has 138 valence electrons. The van der Waals surface area contributed by atoms with Crippen LogP contribution in [0.1, 0.15) is 65.2 Å². The van der Waals surface area contributed by atoms with Gasteiger partial charge in [0.1, 0.15) is 0 Å². The molecule has 25 heavy (non-hydrogen) atoms. The molecule has 2 aromatic rings. The number of hydrogen-bond acceptors (Lipinski definition) is 4. The average Bonchev–Trinajstić information content (AvgIpc) is 3.17. The van der Waals surface area contributed by atoms with Crippen LogP contribution < -0.4 is 4.78 Å². The van der Waals surface area contributed by atoms with Crippen molar-refractivity contribution in [2.75, 3.05) is 0 Å². The van der Waals surface area contributed by atoms with Gasteiger partial charge in [0.25, 0.3) is 0 Å². The Labute approximate surface area is 161 Å². The number of rotatable bonds is 10. The van der Waals surface area contributed by atoms with E-state index in [1.54, 1.807) is 25.2 Å². The monoisotopic (exact) mass is 378 g/mol. The second-order valence-electron chi connectivity index (χ2n) is 7.70. The highest BCUT2D eigenvalue weighted by atomic mass is 32.1. The topological polar surface area (TPSA) is 29.5 Å². The van der Waals surface area contributed by atoms with Crippen molar-refractivity contribution in [1.29, 1.82) is 0 Å². The molecule has 0 fully saturated rings. The van der Waals surface area contributed by atoms with Crippen molar-refractivity contribution in [3.05, 3.63) is 29.1 Å². The molecule has 0 saturated carbocycles. The third kappa shape index (κ3) is 5.95. The second kappa shape index (κ2) is 8.85. The van der Waals surface area contributed by atoms with Gasteiger partial charge >= 0.3 is 7.48 Å². The number of unbranched alkanes of at least 4 members (excludes halogenated alkanes) is 3. The molecule has 0 aliphatic rings. The van der Waals surface area contributed by atoms with Gasteiger partial charge in [-0.15, -0.1) is 22.7 Å². The highest BCUT2D eigenvalue weighted by Crippen LogP contribution is 2.32. The summed E-state index contributed by atoms with van der Waals surface area (Å²) in [6.45, 7) is 9.71. The van der Waals surface area contributed by atoms with Crippen LogP contribution in [0.2, 0.25) is 0 Å². The molecule has 2 heterocycles. The van der Waals surface area contributed by atoms with E-state index in [-0.39, 0.29) is 0 Å². The molecule has 2 nitrogen and oxygen atoms in total. The molecule has 2 aromatic heterocycles. The summed E-state index contributed by atoms with van der Waals surface area (Å²) < 4.78 is 7.17. The van der Waals surface area contributed by atoms with Crippen molar-refractivity contribution in [3.8, 4) is 9.75 Å². The van der Waals surface area contributed by atoms with Crippen molar-refractivity contribution in [2.24, 2.45) is 0 Å². The molecule has 5 heteroatoms. The Morgan fingerprint density at radius 2 is 1.64 bits per heavy atom. The highest BCUT2D eigenvalue weighted by Gasteiger charge is 2.35. The van der Waals surface area contributed by atoms with Crippen molar-refractivity contribution in [3.63, 3.8) is 0 Å². The molecule has 0 saturated heterocycles. The smallest absolute Gasteiger partial charge is 0.319 e. The van der Waals surface area contributed by atoms with Gasteiger partial charge in [-0.1, -0.05) is 32.3 Å². The summed E-state index contributed by atoms with van der Waals surface area (Å²) in [5.74, 6) is 0. The Morgan fingerprint density at radius 3 is 2.32 bits per heavy atom. The Morgan fingerprint density at radius 1 is 0.960 bits per heavy atom. The third-order valence-electron chi connectivity index (χ3n) is 4.89. The predicted molar refractivity (Wildman–Crippen MR) is 114 cm³/mol. The normalized spacial score (nSPS) is 12.6. The first-order valence-electron chi connectivity index (χ1n) is 9.27. The number of thiophene rings is 2. The summed E-state index contributed by atoms with van der Waals surface area (Å²) in [7, 11) is 0.539. The molecule has 0 aliphatic carbocycles. The zero-order valence-electron chi connectivity index (χ0n) is 16.2. The van der Waals surface area contributed by atoms with Crippen LogP contribution in [0.5, 0.6) is 0 Å². The van der Waals surface area contributed by atoms with E-state index in [9.17, 15) is 5.11 Å². The number of hydrogen-bond donors (Lipinski definition) is 1. The SMILES string of the molecule is CCCCCCc1ccc(-c2ccc(BOC(C)(C)C(C)(C)O)s2)s1. The maximum atomic E-state index is 10.2. The molecule has 0 bridgehead atoms. The van der Waals surface area contributed by atoms with E-state index in [1.165, 1.54) is 51.5 Å². The highest BCUT2D eigenvalue weighted by molar-refractivity contribution is 7.27. The van der Waals surface area contributed by atoms with Gasteiger partial charge in [0.15, 0.2) is 0 Å². The minimum Gasteiger partial charge on any atom is -0.426 e. The van der Waals surface area contributed by atoms with Crippen LogP contribution >= 0.6 is 22.7 Å². The van der Waals surface area contributed by atoms with E-state index < -0.39 is 11.2 Å². The van der Waals surface area contributed by atoms with Crippen LogP contribution in [-0.2, 0) is 11.1 Å². The minimum atomic E-state index is -0.868. The van der Waals surface area contributed by atoms with Gasteiger partial charge in [-0.2, -0.15) is 0 Å². The first-order chi connectivity index (χ1) is 11.7. The molecule has 0 spiro atoms. The second-order valence-corrected chi connectivity index (χ2v) is 10.0. The Kier molecular flexibility index (Phi) is 7.33. The van der Waals surface area contributed by atoms with E-state index in [0.717, 1.165) is 0 Å². The maximum Gasteiger partial charge on any atom is 0.319 e. The summed E-state index contributed by atoms with van der Waals surface area (Å²) in [6.07, 6.45) is 6.46. The summed E-state index contributed by atoms with van der Waals surface area (Å²) in [5, 5.41) is 10.2. The first-order valence-corrected chi connectivity index (χ1v) is 10.9. The Hall–Kier alpha value is -0.615. The fraction of sp³-hybridized carbons (Fsp3) is 0.600. The molecule has 2 rings (SSSR count). The molecule has 0 unspecified atom stereocenters. The van der Waals surface area contributed by atoms with E-state index in [4.69, 9.17) is 4.65 Å². The first kappa shape index (κ1) is 20.7. The van der Waals surface area contributed by atoms with Gasteiger partial charge < -0.3 is 9.76 Å². The minimum absolute atomic E-state index is 0.539. The van der Waals surface area contributed by atoms with Crippen molar-refractivity contribution in [2.45, 2.75) is 77.9 Å². The molecule has 0 amide bonds. The largest absolute Gasteiger partial charge is 0.426 e. The van der Waals surface area contributed by atoms with Crippen LogP contribution in [0.15, 0.2) is 24.3 Å². The summed E-state index contributed by atoms with van der Waals surface area (Å²) in [5.41, 5.74) is -1.45. The Bertz CT molecular complexity index is 653. The van der Waals surface area contributed by atoms with Crippen LogP contribution in [0.25, 0.3) is 9.75 Å². The lowest BCUT2D eigenvalue weighted by atomic mass is 9.86. The molecule has 0 radical (unpaired) electrons. The van der Waals surface area contributed by atoms with E-state index in [0.29, 0.717) is 7.48 Å². The lowest BCUT2D eigenvalue weighted by Gasteiger charge is -2.37. The fourth-order valence-electron chi connectivity index (χ4n) is 2.39. The van der Waals surface area contributed by atoms with Crippen LogP contribution in [0, 0.1) is 0 Å². The summed E-state index contributed by atoms with van der Waals surface area (Å²) >= 11 is 3.70. The van der Waals surface area contributed by atoms with Crippen LogP contribution in [0.4, 0.5) is 0 Å². The van der Waals surface area contributed by atoms with Gasteiger partial charge in [-0.05, 0) is 58.7 Å². The molecular weight excluding hydrogens is 347 g/mol. The van der Waals surface area contributed by atoms with Crippen LogP contribution in [0.3, 0.4) is 0 Å². The quantitative estimate of drug-likeness (QED) is 0.458. The van der Waals surface area contributed by atoms with E-state index >= 15 is 0 Å². The maximum absolute atomic E-state index is 10.2. The van der Waals surface area contributed by atoms with Gasteiger partial charge in [0.05, 0.1) is 11.2 Å². The predicted octanol–water partition coefficient (Wildman–Crippen LogP) is 5.14. The zero-order valence-corrected chi connectivity index (χ0v) is 17.9. The molecule has 1 N–H and O–H groups in total. The standard InChI is InChI=1S/C20H31BO2S2/c1-6-7-8-9-10-15-11-12-16(24-15)17-13-14-18(25-17)21-23-20(4,5)19(2,3)22/h11-14,21-22H,6-10H2,1-5H3. The average molecular weight is 378 g/mol. The molecular formula is C20H31BO2S2. The van der Waals surface area contributed by atoms with Gasteiger partial charge in [-0.25, -0.2) is 0 Å². The van der Waals surface area contributed by atoms with Gasteiger partial charge in [0.2, 0.25) is 0 Å². The summed E-state index contributed by atoms with van der Waals surface area (Å²) in [4.78, 5) is 4.15. The lowest BCUT2D eigenvalue weighted by molar-refractivity contribution is -0.0892. The van der Waals surface area contributed by atoms with Gasteiger partial charge in [-0.3, -0.25) is 0 Å². The fourth-order valence-corrected chi connectivity index (χ4v) is 4.45. The molecule has 0 aromatic carbocycles.